The molecule has 0 amide bonds. The molecule has 5 nitrogen and oxygen atoms in total. The van der Waals surface area contributed by atoms with Gasteiger partial charge in [-0.15, -0.1) is 0 Å². The number of nitrogens with zero attached hydrogens (tertiary/aromatic N) is 1. The van der Waals surface area contributed by atoms with Crippen molar-refractivity contribution in [3.05, 3.63) is 30.1 Å². The molecule has 0 saturated heterocycles. The normalized spacial score (nSPS) is 15.7. The van der Waals surface area contributed by atoms with E-state index in [1.165, 1.54) is 0 Å². The Bertz CT molecular complexity index is 384. The molecule has 0 spiro atoms. The van der Waals surface area contributed by atoms with Gasteiger partial charge >= 0.3 is 5.97 Å². The quantitative estimate of drug-likeness (QED) is 0.655. The average molecular weight is 266 g/mol. The Labute approximate surface area is 113 Å². The maximum absolute atomic E-state index is 10.9. The van der Waals surface area contributed by atoms with Gasteiger partial charge in [0.2, 0.25) is 0 Å². The van der Waals surface area contributed by atoms with Crippen molar-refractivity contribution in [3.8, 4) is 0 Å². The number of carboxylic acids is 1. The van der Waals surface area contributed by atoms with E-state index < -0.39 is 18.1 Å². The van der Waals surface area contributed by atoms with Crippen LogP contribution in [0.1, 0.15) is 25.3 Å². The smallest absolute Gasteiger partial charge is 0.323 e. The molecule has 0 unspecified atom stereocenters. The van der Waals surface area contributed by atoms with E-state index in [9.17, 15) is 9.90 Å². The molecule has 1 aromatic rings. The maximum Gasteiger partial charge on any atom is 0.323 e. The lowest BCUT2D eigenvalue weighted by atomic mass is 9.92. The van der Waals surface area contributed by atoms with Gasteiger partial charge in [0.1, 0.15) is 6.04 Å². The summed E-state index contributed by atoms with van der Waals surface area (Å²) in [6.07, 6.45) is 5.26. The SMILES string of the molecule is CN[C@H](C(=O)O)[C@H](O)[C@@H](C)CCCc1cccnc1. The maximum atomic E-state index is 10.9. The number of pyridine rings is 1. The highest BCUT2D eigenvalue weighted by Gasteiger charge is 2.28. The Balaban J connectivity index is 2.38. The monoisotopic (exact) mass is 266 g/mol. The van der Waals surface area contributed by atoms with E-state index in [-0.39, 0.29) is 5.92 Å². The van der Waals surface area contributed by atoms with Crippen LogP contribution < -0.4 is 5.32 Å². The minimum absolute atomic E-state index is 0.0646. The molecule has 3 atom stereocenters. The fourth-order valence-electron chi connectivity index (χ4n) is 2.11. The molecule has 1 heterocycles. The van der Waals surface area contributed by atoms with Gasteiger partial charge in [-0.2, -0.15) is 0 Å². The first-order chi connectivity index (χ1) is 9.06. The molecule has 1 rings (SSSR count). The van der Waals surface area contributed by atoms with Crippen LogP contribution in [0.15, 0.2) is 24.5 Å². The highest BCUT2D eigenvalue weighted by Crippen LogP contribution is 2.16. The second-order valence-corrected chi connectivity index (χ2v) is 4.83. The molecule has 0 aliphatic carbocycles. The van der Waals surface area contributed by atoms with Gasteiger partial charge in [-0.25, -0.2) is 0 Å². The summed E-state index contributed by atoms with van der Waals surface area (Å²) in [5.74, 6) is -1.08. The summed E-state index contributed by atoms with van der Waals surface area (Å²) in [7, 11) is 1.55. The van der Waals surface area contributed by atoms with Crippen LogP contribution in [0, 0.1) is 5.92 Å². The van der Waals surface area contributed by atoms with Crippen molar-refractivity contribution in [1.82, 2.24) is 10.3 Å². The van der Waals surface area contributed by atoms with Crippen LogP contribution in [0.2, 0.25) is 0 Å². The summed E-state index contributed by atoms with van der Waals surface area (Å²) in [5, 5.41) is 21.6. The molecule has 5 heteroatoms. The number of aryl methyl sites for hydroxylation is 1. The van der Waals surface area contributed by atoms with Gasteiger partial charge in [-0.3, -0.25) is 9.78 Å². The summed E-state index contributed by atoms with van der Waals surface area (Å²) >= 11 is 0. The Kier molecular flexibility index (Phi) is 6.45. The van der Waals surface area contributed by atoms with Crippen LogP contribution in [0.25, 0.3) is 0 Å². The Hall–Kier alpha value is -1.46. The van der Waals surface area contributed by atoms with Gasteiger partial charge < -0.3 is 15.5 Å². The van der Waals surface area contributed by atoms with Crippen molar-refractivity contribution >= 4 is 5.97 Å². The van der Waals surface area contributed by atoms with Crippen molar-refractivity contribution < 1.29 is 15.0 Å². The first-order valence-electron chi connectivity index (χ1n) is 6.53. The first-order valence-corrected chi connectivity index (χ1v) is 6.53. The zero-order valence-electron chi connectivity index (χ0n) is 11.4. The highest BCUT2D eigenvalue weighted by molar-refractivity contribution is 5.74. The molecular formula is C14H22N2O3. The Morgan fingerprint density at radius 3 is 2.79 bits per heavy atom. The van der Waals surface area contributed by atoms with Gasteiger partial charge in [0, 0.05) is 12.4 Å². The molecule has 0 aliphatic rings. The van der Waals surface area contributed by atoms with E-state index in [1.807, 2.05) is 25.3 Å². The molecule has 106 valence electrons. The van der Waals surface area contributed by atoms with Crippen LogP contribution in [-0.4, -0.2) is 40.4 Å². The van der Waals surface area contributed by atoms with Crippen LogP contribution in [-0.2, 0) is 11.2 Å². The fourth-order valence-corrected chi connectivity index (χ4v) is 2.11. The molecule has 0 bridgehead atoms. The average Bonchev–Trinajstić information content (AvgIpc) is 2.40. The Morgan fingerprint density at radius 2 is 2.26 bits per heavy atom. The lowest BCUT2D eigenvalue weighted by Gasteiger charge is -2.24. The lowest BCUT2D eigenvalue weighted by Crippen LogP contribution is -2.47. The Morgan fingerprint density at radius 1 is 1.53 bits per heavy atom. The zero-order chi connectivity index (χ0) is 14.3. The van der Waals surface area contributed by atoms with E-state index in [0.717, 1.165) is 24.8 Å². The summed E-state index contributed by atoms with van der Waals surface area (Å²) in [6, 6.07) is 3.00. The summed E-state index contributed by atoms with van der Waals surface area (Å²) in [6.45, 7) is 1.88. The van der Waals surface area contributed by atoms with Crippen LogP contribution in [0.4, 0.5) is 0 Å². The molecule has 19 heavy (non-hydrogen) atoms. The summed E-state index contributed by atoms with van der Waals surface area (Å²) in [5.41, 5.74) is 1.16. The number of carbonyl (C=O) groups is 1. The van der Waals surface area contributed by atoms with Gasteiger partial charge in [0.05, 0.1) is 6.10 Å². The minimum atomic E-state index is -1.02. The second kappa shape index (κ2) is 7.86. The standard InChI is InChI=1S/C14H22N2O3/c1-10(13(17)12(15-2)14(18)19)5-3-6-11-7-4-8-16-9-11/h4,7-10,12-13,15,17H,3,5-6H2,1-2H3,(H,18,19)/t10-,12-,13+/m0/s1. The molecule has 1 aromatic heterocycles. The van der Waals surface area contributed by atoms with E-state index >= 15 is 0 Å². The van der Waals surface area contributed by atoms with E-state index in [4.69, 9.17) is 5.11 Å². The van der Waals surface area contributed by atoms with Crippen LogP contribution in [0.3, 0.4) is 0 Å². The topological polar surface area (TPSA) is 82.5 Å². The third-order valence-electron chi connectivity index (χ3n) is 3.35. The third-order valence-corrected chi connectivity index (χ3v) is 3.35. The molecule has 0 radical (unpaired) electrons. The third kappa shape index (κ3) is 4.96. The number of aromatic nitrogens is 1. The van der Waals surface area contributed by atoms with Gasteiger partial charge in [-0.1, -0.05) is 13.0 Å². The molecule has 0 saturated carbocycles. The number of aliphatic hydroxyl groups excluding tert-OH is 1. The lowest BCUT2D eigenvalue weighted by molar-refractivity contribution is -0.143. The number of aliphatic carboxylic acids is 1. The van der Waals surface area contributed by atoms with Crippen molar-refractivity contribution in [2.45, 2.75) is 38.3 Å². The summed E-state index contributed by atoms with van der Waals surface area (Å²) in [4.78, 5) is 15.0. The molecule has 0 fully saturated rings. The van der Waals surface area contributed by atoms with Gasteiger partial charge in [-0.05, 0) is 43.9 Å². The minimum Gasteiger partial charge on any atom is -0.480 e. The van der Waals surface area contributed by atoms with Crippen LogP contribution in [0.5, 0.6) is 0 Å². The molecule has 0 aromatic carbocycles. The summed E-state index contributed by atoms with van der Waals surface area (Å²) < 4.78 is 0. The molecular weight excluding hydrogens is 244 g/mol. The van der Waals surface area contributed by atoms with Crippen LogP contribution >= 0.6 is 0 Å². The fraction of sp³-hybridized carbons (Fsp3) is 0.571. The number of rotatable bonds is 8. The van der Waals surface area contributed by atoms with Crippen molar-refractivity contribution in [2.24, 2.45) is 5.92 Å². The van der Waals surface area contributed by atoms with E-state index in [2.05, 4.69) is 10.3 Å². The largest absolute Gasteiger partial charge is 0.480 e. The van der Waals surface area contributed by atoms with E-state index in [1.54, 1.807) is 13.2 Å². The first kappa shape index (κ1) is 15.6. The number of hydrogen-bond acceptors (Lipinski definition) is 4. The number of likely N-dealkylation sites (N-methyl/N-ethyl adjacent to an activating group) is 1. The number of aliphatic hydroxyl groups is 1. The predicted octanol–water partition coefficient (Wildman–Crippen LogP) is 1.07. The molecule has 0 aliphatic heterocycles. The van der Waals surface area contributed by atoms with Crippen molar-refractivity contribution in [2.75, 3.05) is 7.05 Å². The number of carboxylic acid groups (broad SMARTS) is 1. The molecule has 3 N–H and O–H groups in total. The zero-order valence-corrected chi connectivity index (χ0v) is 11.4. The second-order valence-electron chi connectivity index (χ2n) is 4.83. The van der Waals surface area contributed by atoms with Crippen molar-refractivity contribution in [1.29, 1.82) is 0 Å². The highest BCUT2D eigenvalue weighted by atomic mass is 16.4. The van der Waals surface area contributed by atoms with Gasteiger partial charge in [0.25, 0.3) is 0 Å². The number of nitrogens with one attached hydrogen (secondary N) is 1. The van der Waals surface area contributed by atoms with Gasteiger partial charge in [0.15, 0.2) is 0 Å². The predicted molar refractivity (Wildman–Crippen MR) is 72.8 cm³/mol. The van der Waals surface area contributed by atoms with Crippen molar-refractivity contribution in [3.63, 3.8) is 0 Å². The number of hydrogen-bond donors (Lipinski definition) is 3. The van der Waals surface area contributed by atoms with E-state index in [0.29, 0.717) is 0 Å².